The highest BCUT2D eigenvalue weighted by Gasteiger charge is 2.10. The lowest BCUT2D eigenvalue weighted by Gasteiger charge is -2.15. The standard InChI is InChI=1S/C13H25N5O/c1-6-7-8-10(4)15-12-16-11(14-5)17-13(18-12)19-9(2)3/h9-10H,6-8H2,1-5H3,(H2,14,15,16,17,18). The average Bonchev–Trinajstić information content (AvgIpc) is 2.35. The van der Waals surface area contributed by atoms with Crippen LogP contribution < -0.4 is 15.4 Å². The van der Waals surface area contributed by atoms with E-state index >= 15 is 0 Å². The summed E-state index contributed by atoms with van der Waals surface area (Å²) < 4.78 is 5.52. The SMILES string of the molecule is CCCCC(C)Nc1nc(NC)nc(OC(C)C)n1. The molecule has 0 aliphatic carbocycles. The van der Waals surface area contributed by atoms with Crippen molar-refractivity contribution in [2.24, 2.45) is 0 Å². The van der Waals surface area contributed by atoms with Gasteiger partial charge in [-0.1, -0.05) is 19.8 Å². The number of hydrogen-bond donors (Lipinski definition) is 2. The first-order valence-corrected chi connectivity index (χ1v) is 6.92. The quantitative estimate of drug-likeness (QED) is 0.754. The maximum Gasteiger partial charge on any atom is 0.323 e. The van der Waals surface area contributed by atoms with E-state index in [1.807, 2.05) is 13.8 Å². The molecule has 1 aromatic heterocycles. The number of rotatable bonds is 8. The topological polar surface area (TPSA) is 72.0 Å². The van der Waals surface area contributed by atoms with Gasteiger partial charge in [-0.05, 0) is 27.2 Å². The second-order valence-electron chi connectivity index (χ2n) is 4.87. The first-order chi connectivity index (χ1) is 9.05. The third-order valence-electron chi connectivity index (χ3n) is 2.55. The smallest absolute Gasteiger partial charge is 0.323 e. The van der Waals surface area contributed by atoms with Crippen LogP contribution in [0.2, 0.25) is 0 Å². The predicted octanol–water partition coefficient (Wildman–Crippen LogP) is 2.69. The summed E-state index contributed by atoms with van der Waals surface area (Å²) in [5.74, 6) is 1.06. The molecule has 1 heterocycles. The predicted molar refractivity (Wildman–Crippen MR) is 77.7 cm³/mol. The van der Waals surface area contributed by atoms with Gasteiger partial charge in [0.2, 0.25) is 11.9 Å². The number of aromatic nitrogens is 3. The molecule has 0 spiro atoms. The molecule has 0 aliphatic rings. The average molecular weight is 267 g/mol. The normalized spacial score (nSPS) is 12.3. The van der Waals surface area contributed by atoms with Crippen LogP contribution in [-0.4, -0.2) is 34.1 Å². The Bertz CT molecular complexity index is 383. The van der Waals surface area contributed by atoms with Gasteiger partial charge in [-0.3, -0.25) is 0 Å². The summed E-state index contributed by atoms with van der Waals surface area (Å²) in [6, 6.07) is 0.679. The summed E-state index contributed by atoms with van der Waals surface area (Å²) in [4.78, 5) is 12.7. The minimum absolute atomic E-state index is 0.0393. The fraction of sp³-hybridized carbons (Fsp3) is 0.769. The van der Waals surface area contributed by atoms with Gasteiger partial charge in [0.05, 0.1) is 6.10 Å². The Labute approximate surface area is 115 Å². The number of hydrogen-bond acceptors (Lipinski definition) is 6. The van der Waals surface area contributed by atoms with E-state index in [1.54, 1.807) is 7.05 Å². The molecule has 1 unspecified atom stereocenters. The van der Waals surface area contributed by atoms with Gasteiger partial charge in [-0.2, -0.15) is 15.0 Å². The highest BCUT2D eigenvalue weighted by atomic mass is 16.5. The minimum atomic E-state index is 0.0393. The monoisotopic (exact) mass is 267 g/mol. The molecule has 0 radical (unpaired) electrons. The van der Waals surface area contributed by atoms with E-state index in [0.717, 1.165) is 6.42 Å². The van der Waals surface area contributed by atoms with Crippen LogP contribution in [0, 0.1) is 0 Å². The van der Waals surface area contributed by atoms with Gasteiger partial charge in [0, 0.05) is 13.1 Å². The van der Waals surface area contributed by atoms with E-state index in [4.69, 9.17) is 4.74 Å². The van der Waals surface area contributed by atoms with Crippen LogP contribution in [-0.2, 0) is 0 Å². The van der Waals surface area contributed by atoms with Crippen LogP contribution in [0.3, 0.4) is 0 Å². The molecular weight excluding hydrogens is 242 g/mol. The maximum absolute atomic E-state index is 5.52. The Morgan fingerprint density at radius 2 is 1.79 bits per heavy atom. The van der Waals surface area contributed by atoms with Crippen LogP contribution in [0.25, 0.3) is 0 Å². The third-order valence-corrected chi connectivity index (χ3v) is 2.55. The number of ether oxygens (including phenoxy) is 1. The zero-order chi connectivity index (χ0) is 14.3. The van der Waals surface area contributed by atoms with Crippen molar-refractivity contribution in [3.05, 3.63) is 0 Å². The largest absolute Gasteiger partial charge is 0.461 e. The molecule has 0 amide bonds. The molecular formula is C13H25N5O. The summed E-state index contributed by atoms with van der Waals surface area (Å²) in [5.41, 5.74) is 0. The summed E-state index contributed by atoms with van der Waals surface area (Å²) in [5, 5.41) is 6.20. The molecule has 1 aromatic rings. The van der Waals surface area contributed by atoms with Gasteiger partial charge in [0.15, 0.2) is 0 Å². The van der Waals surface area contributed by atoms with E-state index in [9.17, 15) is 0 Å². The van der Waals surface area contributed by atoms with Crippen molar-refractivity contribution in [3.8, 4) is 6.01 Å². The van der Waals surface area contributed by atoms with Crippen LogP contribution >= 0.6 is 0 Å². The first kappa shape index (κ1) is 15.5. The summed E-state index contributed by atoms with van der Waals surface area (Å²) in [7, 11) is 1.78. The van der Waals surface area contributed by atoms with Crippen molar-refractivity contribution in [2.45, 2.75) is 59.1 Å². The lowest BCUT2D eigenvalue weighted by atomic mass is 10.1. The summed E-state index contributed by atoms with van der Waals surface area (Å²) in [6.07, 6.45) is 3.51. The van der Waals surface area contributed by atoms with Crippen LogP contribution in [0.15, 0.2) is 0 Å². The number of nitrogens with zero attached hydrogens (tertiary/aromatic N) is 3. The van der Waals surface area contributed by atoms with E-state index < -0.39 is 0 Å². The molecule has 19 heavy (non-hydrogen) atoms. The lowest BCUT2D eigenvalue weighted by Crippen LogP contribution is -2.19. The summed E-state index contributed by atoms with van der Waals surface area (Å²) >= 11 is 0. The van der Waals surface area contributed by atoms with Crippen molar-refractivity contribution in [1.29, 1.82) is 0 Å². The number of anilines is 2. The van der Waals surface area contributed by atoms with Gasteiger partial charge < -0.3 is 15.4 Å². The zero-order valence-corrected chi connectivity index (χ0v) is 12.5. The Kier molecular flexibility index (Phi) is 6.32. The van der Waals surface area contributed by atoms with E-state index in [1.165, 1.54) is 12.8 Å². The fourth-order valence-corrected chi connectivity index (χ4v) is 1.60. The second-order valence-corrected chi connectivity index (χ2v) is 4.87. The molecule has 0 saturated heterocycles. The highest BCUT2D eigenvalue weighted by Crippen LogP contribution is 2.14. The first-order valence-electron chi connectivity index (χ1n) is 6.92. The zero-order valence-electron chi connectivity index (χ0n) is 12.5. The van der Waals surface area contributed by atoms with E-state index in [-0.39, 0.29) is 6.10 Å². The van der Waals surface area contributed by atoms with Gasteiger partial charge in [-0.15, -0.1) is 0 Å². The molecule has 0 bridgehead atoms. The molecule has 0 aromatic carbocycles. The van der Waals surface area contributed by atoms with Gasteiger partial charge in [0.1, 0.15) is 0 Å². The Balaban J connectivity index is 2.75. The molecule has 6 heteroatoms. The van der Waals surface area contributed by atoms with Crippen LogP contribution in [0.1, 0.15) is 47.0 Å². The lowest BCUT2D eigenvalue weighted by molar-refractivity contribution is 0.222. The van der Waals surface area contributed by atoms with Crippen molar-refractivity contribution < 1.29 is 4.74 Å². The van der Waals surface area contributed by atoms with E-state index in [0.29, 0.717) is 23.9 Å². The molecule has 2 N–H and O–H groups in total. The Morgan fingerprint density at radius 3 is 2.37 bits per heavy atom. The molecule has 108 valence electrons. The molecule has 6 nitrogen and oxygen atoms in total. The highest BCUT2D eigenvalue weighted by molar-refractivity contribution is 5.35. The van der Waals surface area contributed by atoms with Gasteiger partial charge in [0.25, 0.3) is 0 Å². The van der Waals surface area contributed by atoms with Crippen molar-refractivity contribution in [2.75, 3.05) is 17.7 Å². The Hall–Kier alpha value is -1.59. The molecule has 0 aliphatic heterocycles. The summed E-state index contributed by atoms with van der Waals surface area (Å²) in [6.45, 7) is 8.20. The fourth-order valence-electron chi connectivity index (χ4n) is 1.60. The number of unbranched alkanes of at least 4 members (excludes halogenated alkanes) is 1. The second kappa shape index (κ2) is 7.76. The van der Waals surface area contributed by atoms with Crippen LogP contribution in [0.5, 0.6) is 6.01 Å². The maximum atomic E-state index is 5.52. The molecule has 1 atom stereocenters. The van der Waals surface area contributed by atoms with Crippen molar-refractivity contribution in [1.82, 2.24) is 15.0 Å². The van der Waals surface area contributed by atoms with Gasteiger partial charge in [-0.25, -0.2) is 0 Å². The van der Waals surface area contributed by atoms with Gasteiger partial charge >= 0.3 is 6.01 Å². The molecule has 1 rings (SSSR count). The van der Waals surface area contributed by atoms with E-state index in [2.05, 4.69) is 39.4 Å². The minimum Gasteiger partial charge on any atom is -0.461 e. The van der Waals surface area contributed by atoms with Crippen molar-refractivity contribution in [3.63, 3.8) is 0 Å². The third kappa shape index (κ3) is 5.72. The molecule has 0 saturated carbocycles. The Morgan fingerprint density at radius 1 is 1.11 bits per heavy atom. The van der Waals surface area contributed by atoms with Crippen molar-refractivity contribution >= 4 is 11.9 Å². The number of nitrogens with one attached hydrogen (secondary N) is 2. The van der Waals surface area contributed by atoms with Crippen LogP contribution in [0.4, 0.5) is 11.9 Å². The molecule has 0 fully saturated rings.